The Morgan fingerprint density at radius 2 is 1.90 bits per heavy atom. The lowest BCUT2D eigenvalue weighted by molar-refractivity contribution is -0.142. The predicted octanol–water partition coefficient (Wildman–Crippen LogP) is 2.51. The molecule has 0 unspecified atom stereocenters. The fraction of sp³-hybridized carbons (Fsp3) is 0.478. The molecule has 0 N–H and O–H groups in total. The average Bonchev–Trinajstić information content (AvgIpc) is 3.05. The first kappa shape index (κ1) is 16.8. The van der Waals surface area contributed by atoms with E-state index in [1.54, 1.807) is 13.3 Å². The van der Waals surface area contributed by atoms with Crippen molar-refractivity contribution >= 4 is 17.2 Å². The highest BCUT2D eigenvalue weighted by Crippen LogP contribution is 2.68. The van der Waals surface area contributed by atoms with Crippen molar-refractivity contribution in [3.05, 3.63) is 42.6 Å². The Kier molecular flexibility index (Phi) is 3.02. The molecule has 7 nitrogen and oxygen atoms in total. The summed E-state index contributed by atoms with van der Waals surface area (Å²) in [7, 11) is 0. The van der Waals surface area contributed by atoms with Crippen molar-refractivity contribution in [2.75, 3.05) is 31.1 Å². The van der Waals surface area contributed by atoms with Gasteiger partial charge in [0.2, 0.25) is 5.91 Å². The highest BCUT2D eigenvalue weighted by atomic mass is 16.2. The monoisotopic (exact) mass is 400 g/mol. The van der Waals surface area contributed by atoms with E-state index in [0.29, 0.717) is 10.8 Å². The molecule has 7 heteroatoms. The Bertz CT molecular complexity index is 1180. The fourth-order valence-corrected chi connectivity index (χ4v) is 6.36. The number of hydrogen-bond donors (Lipinski definition) is 0. The van der Waals surface area contributed by atoms with E-state index in [0.717, 1.165) is 37.7 Å². The van der Waals surface area contributed by atoms with Crippen molar-refractivity contribution in [3.8, 4) is 11.1 Å². The zero-order valence-corrected chi connectivity index (χ0v) is 17.1. The molecular weight excluding hydrogens is 376 g/mol. The maximum Gasteiger partial charge on any atom is 0.219 e. The molecular formula is C23H24N6O. The quantitative estimate of drug-likeness (QED) is 0.676. The predicted molar refractivity (Wildman–Crippen MR) is 112 cm³/mol. The maximum atomic E-state index is 11.6. The summed E-state index contributed by atoms with van der Waals surface area (Å²) < 4.78 is 1.98. The van der Waals surface area contributed by atoms with Gasteiger partial charge in [-0.1, -0.05) is 0 Å². The van der Waals surface area contributed by atoms with E-state index in [1.165, 1.54) is 41.6 Å². The number of pyridine rings is 2. The van der Waals surface area contributed by atoms with Gasteiger partial charge in [0.1, 0.15) is 6.33 Å². The summed E-state index contributed by atoms with van der Waals surface area (Å²) in [6, 6.07) is 4.18. The van der Waals surface area contributed by atoms with Crippen LogP contribution in [0.25, 0.3) is 16.8 Å². The van der Waals surface area contributed by atoms with E-state index >= 15 is 0 Å². The van der Waals surface area contributed by atoms with Gasteiger partial charge in [-0.15, -0.1) is 10.2 Å². The molecule has 152 valence electrons. The second-order valence-corrected chi connectivity index (χ2v) is 10.1. The summed E-state index contributed by atoms with van der Waals surface area (Å²) in [5.74, 6) is 1.11. The van der Waals surface area contributed by atoms with Gasteiger partial charge in [-0.25, -0.2) is 0 Å². The van der Waals surface area contributed by atoms with Crippen LogP contribution in [0, 0.1) is 11.3 Å². The van der Waals surface area contributed by atoms with Gasteiger partial charge in [-0.3, -0.25) is 14.2 Å². The Morgan fingerprint density at radius 1 is 1.10 bits per heavy atom. The number of carbonyl (C=O) groups is 1. The van der Waals surface area contributed by atoms with Gasteiger partial charge in [-0.2, -0.15) is 0 Å². The van der Waals surface area contributed by atoms with Crippen LogP contribution in [0.1, 0.15) is 31.7 Å². The van der Waals surface area contributed by atoms with Crippen LogP contribution in [0.3, 0.4) is 0 Å². The molecule has 2 saturated heterocycles. The minimum Gasteiger partial charge on any atom is -0.369 e. The molecule has 2 bridgehead atoms. The van der Waals surface area contributed by atoms with Gasteiger partial charge in [0.25, 0.3) is 0 Å². The molecule has 5 fully saturated rings. The second kappa shape index (κ2) is 5.39. The highest BCUT2D eigenvalue weighted by molar-refractivity contribution is 5.78. The Labute approximate surface area is 174 Å². The molecule has 2 aliphatic heterocycles. The normalized spacial score (nSPS) is 28.0. The molecule has 0 atom stereocenters. The first-order valence-electron chi connectivity index (χ1n) is 10.8. The number of fused-ring (bicyclic) bond motifs is 1. The van der Waals surface area contributed by atoms with E-state index in [-0.39, 0.29) is 5.91 Å². The van der Waals surface area contributed by atoms with E-state index < -0.39 is 0 Å². The number of anilines is 1. The minimum atomic E-state index is 0.196. The number of carbonyl (C=O) groups excluding carboxylic acids is 1. The molecule has 30 heavy (non-hydrogen) atoms. The third kappa shape index (κ3) is 2.10. The van der Waals surface area contributed by atoms with Gasteiger partial charge < -0.3 is 9.80 Å². The third-order valence-electron chi connectivity index (χ3n) is 7.99. The highest BCUT2D eigenvalue weighted by Gasteiger charge is 2.60. The van der Waals surface area contributed by atoms with Crippen molar-refractivity contribution in [2.45, 2.75) is 31.6 Å². The molecule has 5 aliphatic rings. The van der Waals surface area contributed by atoms with Crippen LogP contribution >= 0.6 is 0 Å². The molecule has 0 radical (unpaired) electrons. The summed E-state index contributed by atoms with van der Waals surface area (Å²) in [5.41, 5.74) is 6.71. The molecule has 5 heterocycles. The Morgan fingerprint density at radius 3 is 2.60 bits per heavy atom. The van der Waals surface area contributed by atoms with Gasteiger partial charge in [0, 0.05) is 62.0 Å². The standard InChI is InChI=1S/C23H24N6O/c1-15(30)28-10-22(11-28)12-29(13-22)19-8-24-7-18(21(19)23-4-16(5-23)6-23)17-2-3-20-26-25-14-27(20)9-17/h2-3,7-9,14,16H,4-6,10-13H2,1H3. The molecule has 8 rings (SSSR count). The number of hydrogen-bond acceptors (Lipinski definition) is 5. The van der Waals surface area contributed by atoms with Crippen molar-refractivity contribution < 1.29 is 4.79 Å². The van der Waals surface area contributed by atoms with Crippen LogP contribution < -0.4 is 4.90 Å². The minimum absolute atomic E-state index is 0.196. The summed E-state index contributed by atoms with van der Waals surface area (Å²) in [6.07, 6.45) is 11.9. The first-order valence-corrected chi connectivity index (χ1v) is 10.8. The molecule has 3 saturated carbocycles. The van der Waals surface area contributed by atoms with E-state index in [9.17, 15) is 4.79 Å². The fourth-order valence-electron chi connectivity index (χ4n) is 6.36. The third-order valence-corrected chi connectivity index (χ3v) is 7.99. The van der Waals surface area contributed by atoms with Crippen LogP contribution in [-0.4, -0.2) is 56.6 Å². The van der Waals surface area contributed by atoms with Crippen molar-refractivity contribution in [3.63, 3.8) is 0 Å². The maximum absolute atomic E-state index is 11.6. The Balaban J connectivity index is 1.27. The van der Waals surface area contributed by atoms with Crippen LogP contribution in [0.15, 0.2) is 37.1 Å². The largest absolute Gasteiger partial charge is 0.369 e. The number of rotatable bonds is 3. The van der Waals surface area contributed by atoms with Crippen molar-refractivity contribution in [1.82, 2.24) is 24.5 Å². The summed E-state index contributed by atoms with van der Waals surface area (Å²) in [5, 5.41) is 8.16. The number of aromatic nitrogens is 4. The second-order valence-electron chi connectivity index (χ2n) is 10.1. The van der Waals surface area contributed by atoms with Crippen LogP contribution in [0.2, 0.25) is 0 Å². The van der Waals surface area contributed by atoms with Crippen molar-refractivity contribution in [1.29, 1.82) is 0 Å². The SMILES string of the molecule is CC(=O)N1CC2(C1)CN(c1cncc(-c3ccc4nncn4c3)c1C13CC(C1)C3)C2. The lowest BCUT2D eigenvalue weighted by Crippen LogP contribution is -2.73. The van der Waals surface area contributed by atoms with E-state index in [2.05, 4.69) is 38.5 Å². The van der Waals surface area contributed by atoms with E-state index in [4.69, 9.17) is 0 Å². The molecule has 1 amide bonds. The molecule has 0 aromatic carbocycles. The van der Waals surface area contributed by atoms with Gasteiger partial charge in [0.15, 0.2) is 5.65 Å². The first-order chi connectivity index (χ1) is 14.5. The molecule has 3 aromatic heterocycles. The molecule has 1 spiro atoms. The summed E-state index contributed by atoms with van der Waals surface area (Å²) in [6.45, 7) is 5.53. The lowest BCUT2D eigenvalue weighted by Gasteiger charge is -2.65. The number of likely N-dealkylation sites (tertiary alicyclic amines) is 1. The van der Waals surface area contributed by atoms with Crippen LogP contribution in [-0.2, 0) is 10.2 Å². The van der Waals surface area contributed by atoms with Gasteiger partial charge >= 0.3 is 0 Å². The average molecular weight is 400 g/mol. The number of amides is 1. The zero-order valence-electron chi connectivity index (χ0n) is 17.1. The van der Waals surface area contributed by atoms with Gasteiger partial charge in [-0.05, 0) is 48.3 Å². The topological polar surface area (TPSA) is 66.6 Å². The molecule has 3 aliphatic carbocycles. The zero-order chi connectivity index (χ0) is 20.1. The summed E-state index contributed by atoms with van der Waals surface area (Å²) >= 11 is 0. The smallest absolute Gasteiger partial charge is 0.219 e. The lowest BCUT2D eigenvalue weighted by atomic mass is 9.41. The van der Waals surface area contributed by atoms with Crippen LogP contribution in [0.5, 0.6) is 0 Å². The molecule has 3 aromatic rings. The Hall–Kier alpha value is -2.96. The van der Waals surface area contributed by atoms with Crippen LogP contribution in [0.4, 0.5) is 5.69 Å². The van der Waals surface area contributed by atoms with Crippen molar-refractivity contribution in [2.24, 2.45) is 11.3 Å². The number of nitrogens with zero attached hydrogens (tertiary/aromatic N) is 6. The summed E-state index contributed by atoms with van der Waals surface area (Å²) in [4.78, 5) is 20.7. The van der Waals surface area contributed by atoms with E-state index in [1.807, 2.05) is 21.6 Å². The van der Waals surface area contributed by atoms with Gasteiger partial charge in [0.05, 0.1) is 11.9 Å².